The molecule has 1 fully saturated rings. The average molecular weight is 530 g/mol. The molecule has 0 spiro atoms. The highest BCUT2D eigenvalue weighted by atomic mass is 31.2. The number of ether oxygens (including phenoxy) is 1. The van der Waals surface area contributed by atoms with Crippen LogP contribution in [0.2, 0.25) is 0 Å². The predicted octanol–water partition coefficient (Wildman–Crippen LogP) is 7.90. The van der Waals surface area contributed by atoms with Crippen molar-refractivity contribution in [3.05, 3.63) is 76.9 Å². The normalized spacial score (nSPS) is 19.4. The minimum Gasteiger partial charge on any atom is -0.454 e. The molecule has 8 heteroatoms. The van der Waals surface area contributed by atoms with Gasteiger partial charge < -0.3 is 14.8 Å². The Hall–Kier alpha value is -2.57. The summed E-state index contributed by atoms with van der Waals surface area (Å²) in [6.45, 7) is 5.53. The molecule has 0 amide bonds. The van der Waals surface area contributed by atoms with E-state index in [2.05, 4.69) is 6.92 Å². The summed E-state index contributed by atoms with van der Waals surface area (Å²) in [7, 11) is -4.11. The lowest BCUT2D eigenvalue weighted by molar-refractivity contribution is 0.226. The minimum absolute atomic E-state index is 0.00708. The van der Waals surface area contributed by atoms with Crippen LogP contribution in [0.3, 0.4) is 0 Å². The zero-order chi connectivity index (χ0) is 26.7. The van der Waals surface area contributed by atoms with Crippen molar-refractivity contribution >= 4 is 12.8 Å². The molecular weight excluding hydrogens is 495 g/mol. The van der Waals surface area contributed by atoms with Crippen LogP contribution in [0.5, 0.6) is 11.5 Å². The second kappa shape index (κ2) is 11.4. The van der Waals surface area contributed by atoms with Crippen molar-refractivity contribution in [2.45, 2.75) is 65.2 Å². The van der Waals surface area contributed by atoms with Gasteiger partial charge in [0.1, 0.15) is 11.6 Å². The van der Waals surface area contributed by atoms with Gasteiger partial charge in [-0.25, -0.2) is 8.78 Å². The van der Waals surface area contributed by atoms with Gasteiger partial charge in [0.2, 0.25) is 0 Å². The number of aryl methyl sites for hydroxylation is 2. The fourth-order valence-electron chi connectivity index (χ4n) is 5.40. The second-order valence-corrected chi connectivity index (χ2v) is 11.9. The van der Waals surface area contributed by atoms with E-state index < -0.39 is 13.3 Å². The van der Waals surface area contributed by atoms with Crippen molar-refractivity contribution in [3.63, 3.8) is 0 Å². The molecule has 3 aromatic carbocycles. The first-order valence-corrected chi connectivity index (χ1v) is 14.4. The van der Waals surface area contributed by atoms with Crippen LogP contribution >= 0.6 is 7.52 Å². The highest BCUT2D eigenvalue weighted by Gasteiger charge is 2.25. The molecule has 0 aromatic heterocycles. The number of hydrogen-bond acceptors (Lipinski definition) is 3. The summed E-state index contributed by atoms with van der Waals surface area (Å²) >= 11 is 0. The van der Waals surface area contributed by atoms with E-state index in [1.165, 1.54) is 48.4 Å². The molecule has 0 saturated heterocycles. The fourth-order valence-corrected chi connectivity index (χ4v) is 6.26. The van der Waals surface area contributed by atoms with E-state index in [-0.39, 0.29) is 22.8 Å². The number of halogens is 2. The molecule has 3 aromatic rings. The Morgan fingerprint density at radius 3 is 2.08 bits per heavy atom. The van der Waals surface area contributed by atoms with Gasteiger partial charge >= 0.3 is 7.52 Å². The van der Waals surface area contributed by atoms with Gasteiger partial charge in [0.15, 0.2) is 11.6 Å². The summed E-state index contributed by atoms with van der Waals surface area (Å²) in [4.78, 5) is 9.81. The second-order valence-electron chi connectivity index (χ2n) is 10.1. The molecule has 0 bridgehead atoms. The van der Waals surface area contributed by atoms with E-state index in [0.717, 1.165) is 37.2 Å². The molecule has 37 heavy (non-hydrogen) atoms. The maximum Gasteiger partial charge on any atom is 0.319 e. The number of nitrogens with one attached hydrogen (secondary N) is 1. The molecule has 0 radical (unpaired) electrons. The quantitative estimate of drug-likeness (QED) is 0.204. The van der Waals surface area contributed by atoms with Crippen molar-refractivity contribution in [2.24, 2.45) is 5.92 Å². The molecule has 1 aliphatic carbocycles. The lowest BCUT2D eigenvalue weighted by Gasteiger charge is -2.29. The van der Waals surface area contributed by atoms with Gasteiger partial charge in [0.25, 0.3) is 0 Å². The molecule has 1 unspecified atom stereocenters. The van der Waals surface area contributed by atoms with Crippen LogP contribution < -0.4 is 15.3 Å². The molecular formula is C29H34F2NO4P. The highest BCUT2D eigenvalue weighted by molar-refractivity contribution is 7.63. The maximum absolute atomic E-state index is 15.1. The van der Waals surface area contributed by atoms with Crippen LogP contribution in [-0.4, -0.2) is 10.1 Å². The standard InChI is InChI=1S/C29H34F2NO4P/c1-4-5-20-6-8-21(9-7-20)25-12-10-22(16-26(25)30)23-11-13-28(27(31)17-23)36-29-18(2)14-24(15-19(29)3)37(34,35)32-33/h10-17,20-21,33H,4-9H2,1-3H3,(H2,32,34,35). The van der Waals surface area contributed by atoms with Crippen LogP contribution in [0.15, 0.2) is 48.5 Å². The van der Waals surface area contributed by atoms with Crippen molar-refractivity contribution < 1.29 is 28.2 Å². The van der Waals surface area contributed by atoms with Crippen molar-refractivity contribution in [2.75, 3.05) is 0 Å². The molecule has 5 nitrogen and oxygen atoms in total. The Balaban J connectivity index is 1.51. The molecule has 0 heterocycles. The topological polar surface area (TPSA) is 78.8 Å². The Morgan fingerprint density at radius 2 is 1.54 bits per heavy atom. The monoisotopic (exact) mass is 529 g/mol. The SMILES string of the molecule is CCCC1CCC(c2ccc(-c3ccc(Oc4c(C)cc(P(=O)(O)NO)cc4C)c(F)c3)cc2F)CC1. The lowest BCUT2D eigenvalue weighted by atomic mass is 9.77. The molecule has 1 aliphatic rings. The van der Waals surface area contributed by atoms with E-state index in [1.54, 1.807) is 19.9 Å². The zero-order valence-corrected chi connectivity index (χ0v) is 22.3. The van der Waals surface area contributed by atoms with Crippen LogP contribution in [0, 0.1) is 31.4 Å². The first-order valence-electron chi connectivity index (χ1n) is 12.8. The predicted molar refractivity (Wildman–Crippen MR) is 142 cm³/mol. The molecule has 0 aliphatic heterocycles. The third-order valence-electron chi connectivity index (χ3n) is 7.39. The Kier molecular flexibility index (Phi) is 8.49. The van der Waals surface area contributed by atoms with Crippen LogP contribution in [0.1, 0.15) is 68.1 Å². The molecule has 4 rings (SSSR count). The Morgan fingerprint density at radius 1 is 0.946 bits per heavy atom. The Bertz CT molecular complexity index is 1300. The van der Waals surface area contributed by atoms with Gasteiger partial charge in [-0.15, -0.1) is 5.25 Å². The molecule has 1 atom stereocenters. The summed E-state index contributed by atoms with van der Waals surface area (Å²) in [5.74, 6) is 0.465. The van der Waals surface area contributed by atoms with Crippen LogP contribution in [-0.2, 0) is 4.57 Å². The smallest absolute Gasteiger partial charge is 0.319 e. The number of hydrogen-bond donors (Lipinski definition) is 3. The van der Waals surface area contributed by atoms with Gasteiger partial charge in [-0.1, -0.05) is 38.0 Å². The molecule has 1 saturated carbocycles. The summed E-state index contributed by atoms with van der Waals surface area (Å²) < 4.78 is 48.0. The third-order valence-corrected chi connectivity index (χ3v) is 8.62. The van der Waals surface area contributed by atoms with E-state index in [1.807, 2.05) is 12.1 Å². The molecule has 198 valence electrons. The van der Waals surface area contributed by atoms with Crippen LogP contribution in [0.4, 0.5) is 8.78 Å². The van der Waals surface area contributed by atoms with Gasteiger partial charge in [-0.05, 0) is 110 Å². The average Bonchev–Trinajstić information content (AvgIpc) is 2.87. The summed E-state index contributed by atoms with van der Waals surface area (Å²) in [5.41, 5.74) is 2.89. The van der Waals surface area contributed by atoms with Crippen molar-refractivity contribution in [1.82, 2.24) is 5.25 Å². The minimum atomic E-state index is -4.11. The van der Waals surface area contributed by atoms with E-state index in [4.69, 9.17) is 9.94 Å². The van der Waals surface area contributed by atoms with Gasteiger partial charge in [0, 0.05) is 0 Å². The van der Waals surface area contributed by atoms with Gasteiger partial charge in [-0.2, -0.15) is 0 Å². The van der Waals surface area contributed by atoms with Gasteiger partial charge in [-0.3, -0.25) is 4.57 Å². The fraction of sp³-hybridized carbons (Fsp3) is 0.379. The highest BCUT2D eigenvalue weighted by Crippen LogP contribution is 2.40. The van der Waals surface area contributed by atoms with E-state index >= 15 is 8.78 Å². The van der Waals surface area contributed by atoms with Crippen LogP contribution in [0.25, 0.3) is 11.1 Å². The Labute approximate surface area is 217 Å². The maximum atomic E-state index is 15.1. The van der Waals surface area contributed by atoms with E-state index in [9.17, 15) is 9.46 Å². The van der Waals surface area contributed by atoms with Gasteiger partial charge in [0.05, 0.1) is 5.30 Å². The lowest BCUT2D eigenvalue weighted by Crippen LogP contribution is -2.16. The first-order chi connectivity index (χ1) is 17.6. The first kappa shape index (κ1) is 27.5. The third kappa shape index (κ3) is 6.12. The summed E-state index contributed by atoms with van der Waals surface area (Å²) in [6, 6.07) is 12.5. The van der Waals surface area contributed by atoms with Crippen molar-refractivity contribution in [1.29, 1.82) is 0 Å². The summed E-state index contributed by atoms with van der Waals surface area (Å²) in [6.07, 6.45) is 6.74. The number of rotatable bonds is 8. The van der Waals surface area contributed by atoms with E-state index in [0.29, 0.717) is 28.0 Å². The van der Waals surface area contributed by atoms with Crippen molar-refractivity contribution in [3.8, 4) is 22.6 Å². The molecule has 3 N–H and O–H groups in total. The largest absolute Gasteiger partial charge is 0.454 e. The number of benzene rings is 3. The zero-order valence-electron chi connectivity index (χ0n) is 21.4. The summed E-state index contributed by atoms with van der Waals surface area (Å²) in [5, 5.41) is 10.4.